The number of hydrogen-bond donors (Lipinski definition) is 0. The van der Waals surface area contributed by atoms with Crippen molar-refractivity contribution in [1.29, 1.82) is 0 Å². The van der Waals surface area contributed by atoms with Crippen LogP contribution in [0.5, 0.6) is 5.75 Å². The second-order valence-corrected chi connectivity index (χ2v) is 5.40. The van der Waals surface area contributed by atoms with Crippen molar-refractivity contribution in [3.05, 3.63) is 44.3 Å². The van der Waals surface area contributed by atoms with E-state index in [0.717, 1.165) is 3.57 Å². The van der Waals surface area contributed by atoms with Crippen molar-refractivity contribution in [2.45, 2.75) is 20.0 Å². The number of nitrogens with zero attached hydrogens (tertiary/aromatic N) is 3. The largest absolute Gasteiger partial charge is 0.484 e. The molecule has 6 nitrogen and oxygen atoms in total. The summed E-state index contributed by atoms with van der Waals surface area (Å²) in [4.78, 5) is 10.8. The van der Waals surface area contributed by atoms with E-state index in [1.54, 1.807) is 30.6 Å². The van der Waals surface area contributed by atoms with Gasteiger partial charge >= 0.3 is 5.69 Å². The van der Waals surface area contributed by atoms with Crippen LogP contribution >= 0.6 is 22.6 Å². The zero-order valence-corrected chi connectivity index (χ0v) is 12.6. The third kappa shape index (κ3) is 3.03. The molecule has 0 spiro atoms. The summed E-state index contributed by atoms with van der Waals surface area (Å²) >= 11 is 2.10. The van der Waals surface area contributed by atoms with Gasteiger partial charge in [-0.1, -0.05) is 6.07 Å². The van der Waals surface area contributed by atoms with E-state index in [1.165, 1.54) is 4.68 Å². The molecule has 0 unspecified atom stereocenters. The molecule has 0 atom stereocenters. The predicted molar refractivity (Wildman–Crippen MR) is 78.7 cm³/mol. The van der Waals surface area contributed by atoms with Gasteiger partial charge in [0.2, 0.25) is 0 Å². The van der Waals surface area contributed by atoms with Crippen LogP contribution in [0, 0.1) is 13.7 Å². The van der Waals surface area contributed by atoms with Crippen molar-refractivity contribution >= 4 is 28.3 Å². The van der Waals surface area contributed by atoms with Crippen molar-refractivity contribution in [3.8, 4) is 11.4 Å². The van der Waals surface area contributed by atoms with Gasteiger partial charge in [0.05, 0.1) is 20.8 Å². The van der Waals surface area contributed by atoms with E-state index in [0.29, 0.717) is 5.69 Å². The lowest BCUT2D eigenvalue weighted by Crippen LogP contribution is -2.09. The van der Waals surface area contributed by atoms with Gasteiger partial charge in [0.15, 0.2) is 5.75 Å². The predicted octanol–water partition coefficient (Wildman–Crippen LogP) is 3.17. The highest BCUT2D eigenvalue weighted by molar-refractivity contribution is 14.1. The Morgan fingerprint density at radius 1 is 1.47 bits per heavy atom. The zero-order valence-electron chi connectivity index (χ0n) is 10.4. The molecule has 0 amide bonds. The molecule has 1 aromatic heterocycles. The van der Waals surface area contributed by atoms with Crippen molar-refractivity contribution < 1.29 is 9.66 Å². The summed E-state index contributed by atoms with van der Waals surface area (Å²) in [7, 11) is 0. The van der Waals surface area contributed by atoms with Crippen LogP contribution in [0.4, 0.5) is 5.69 Å². The number of aromatic nitrogens is 2. The van der Waals surface area contributed by atoms with Crippen LogP contribution < -0.4 is 4.74 Å². The Labute approximate surface area is 123 Å². The van der Waals surface area contributed by atoms with Gasteiger partial charge in [0, 0.05) is 6.20 Å². The van der Waals surface area contributed by atoms with Crippen molar-refractivity contribution in [2.24, 2.45) is 0 Å². The van der Waals surface area contributed by atoms with Crippen LogP contribution in [0.25, 0.3) is 5.69 Å². The van der Waals surface area contributed by atoms with Gasteiger partial charge in [0.25, 0.3) is 0 Å². The van der Waals surface area contributed by atoms with Crippen LogP contribution in [-0.2, 0) is 0 Å². The van der Waals surface area contributed by atoms with Crippen molar-refractivity contribution in [3.63, 3.8) is 0 Å². The lowest BCUT2D eigenvalue weighted by atomic mass is 10.2. The highest BCUT2D eigenvalue weighted by Gasteiger charge is 2.23. The molecule has 100 valence electrons. The fraction of sp³-hybridized carbons (Fsp3) is 0.250. The number of nitro benzene ring substituents is 1. The van der Waals surface area contributed by atoms with Gasteiger partial charge in [-0.2, -0.15) is 5.10 Å². The number of benzene rings is 1. The Bertz CT molecular complexity index is 610. The molecule has 0 N–H and O–H groups in total. The Hall–Kier alpha value is -1.64. The molecule has 2 aromatic rings. The van der Waals surface area contributed by atoms with Gasteiger partial charge < -0.3 is 4.74 Å². The molecule has 1 heterocycles. The molecule has 7 heteroatoms. The Morgan fingerprint density at radius 2 is 2.21 bits per heavy atom. The molecule has 0 aliphatic rings. The summed E-state index contributed by atoms with van der Waals surface area (Å²) in [5.74, 6) is 0.253. The Kier molecular flexibility index (Phi) is 4.03. The number of ether oxygens (including phenoxy) is 1. The second-order valence-electron chi connectivity index (χ2n) is 4.15. The van der Waals surface area contributed by atoms with E-state index < -0.39 is 4.92 Å². The molecule has 0 radical (unpaired) electrons. The summed E-state index contributed by atoms with van der Waals surface area (Å²) in [6, 6.07) is 4.96. The SMILES string of the molecule is CC(C)Oc1cccc(-n2cc(I)cn2)c1[N+](=O)[O-]. The standard InChI is InChI=1S/C12H12IN3O3/c1-8(2)19-11-5-3-4-10(12(11)16(17)18)15-7-9(13)6-14-15/h3-8H,1-2H3. The number of para-hydroxylation sites is 1. The van der Waals surface area contributed by atoms with Gasteiger partial charge in [-0.15, -0.1) is 0 Å². The highest BCUT2D eigenvalue weighted by atomic mass is 127. The highest BCUT2D eigenvalue weighted by Crippen LogP contribution is 2.33. The molecule has 1 aromatic carbocycles. The first-order valence-electron chi connectivity index (χ1n) is 5.63. The molecule has 0 fully saturated rings. The maximum absolute atomic E-state index is 11.3. The van der Waals surface area contributed by atoms with Crippen LogP contribution in [-0.4, -0.2) is 20.8 Å². The monoisotopic (exact) mass is 373 g/mol. The number of hydrogen-bond acceptors (Lipinski definition) is 4. The molecule has 0 bridgehead atoms. The van der Waals surface area contributed by atoms with E-state index >= 15 is 0 Å². The maximum Gasteiger partial charge on any atom is 0.336 e. The van der Waals surface area contributed by atoms with Crippen LogP contribution in [0.3, 0.4) is 0 Å². The van der Waals surface area contributed by atoms with E-state index in [1.807, 2.05) is 13.8 Å². The molecule has 0 saturated heterocycles. The number of rotatable bonds is 4. The third-order valence-corrected chi connectivity index (χ3v) is 2.88. The molecule has 0 aliphatic heterocycles. The minimum Gasteiger partial charge on any atom is -0.484 e. The summed E-state index contributed by atoms with van der Waals surface area (Å²) in [5, 5.41) is 15.4. The third-order valence-electron chi connectivity index (χ3n) is 2.32. The number of halogens is 1. The normalized spacial score (nSPS) is 10.7. The smallest absolute Gasteiger partial charge is 0.336 e. The molecule has 19 heavy (non-hydrogen) atoms. The summed E-state index contributed by atoms with van der Waals surface area (Å²) < 4.78 is 7.87. The molecule has 0 aliphatic carbocycles. The summed E-state index contributed by atoms with van der Waals surface area (Å²) in [6.07, 6.45) is 3.23. The Morgan fingerprint density at radius 3 is 2.74 bits per heavy atom. The molecule has 0 saturated carbocycles. The van der Waals surface area contributed by atoms with E-state index in [2.05, 4.69) is 27.7 Å². The minimum absolute atomic E-state index is 0.0734. The lowest BCUT2D eigenvalue weighted by Gasteiger charge is -2.11. The van der Waals surface area contributed by atoms with Crippen molar-refractivity contribution in [2.75, 3.05) is 0 Å². The minimum atomic E-state index is -0.443. The van der Waals surface area contributed by atoms with Crippen molar-refractivity contribution in [1.82, 2.24) is 9.78 Å². The quantitative estimate of drug-likeness (QED) is 0.469. The zero-order chi connectivity index (χ0) is 14.0. The first kappa shape index (κ1) is 13.8. The number of nitro groups is 1. The first-order chi connectivity index (χ1) is 8.99. The van der Waals surface area contributed by atoms with E-state index in [4.69, 9.17) is 4.74 Å². The van der Waals surface area contributed by atoms with Crippen LogP contribution in [0.1, 0.15) is 13.8 Å². The first-order valence-corrected chi connectivity index (χ1v) is 6.71. The lowest BCUT2D eigenvalue weighted by molar-refractivity contribution is -0.385. The molecular formula is C12H12IN3O3. The average Bonchev–Trinajstić information content (AvgIpc) is 2.74. The Balaban J connectivity index is 2.57. The second kappa shape index (κ2) is 5.55. The summed E-state index contributed by atoms with van der Waals surface area (Å²) in [5.41, 5.74) is 0.321. The van der Waals surface area contributed by atoms with Crippen LogP contribution in [0.2, 0.25) is 0 Å². The van der Waals surface area contributed by atoms with Gasteiger partial charge in [0.1, 0.15) is 5.69 Å². The van der Waals surface area contributed by atoms with E-state index in [-0.39, 0.29) is 17.5 Å². The summed E-state index contributed by atoms with van der Waals surface area (Å²) in [6.45, 7) is 3.65. The van der Waals surface area contributed by atoms with Gasteiger partial charge in [-0.3, -0.25) is 10.1 Å². The van der Waals surface area contributed by atoms with E-state index in [9.17, 15) is 10.1 Å². The average molecular weight is 373 g/mol. The molecular weight excluding hydrogens is 361 g/mol. The maximum atomic E-state index is 11.3. The fourth-order valence-electron chi connectivity index (χ4n) is 1.66. The topological polar surface area (TPSA) is 70.2 Å². The fourth-order valence-corrected chi connectivity index (χ4v) is 2.05. The van der Waals surface area contributed by atoms with Crippen LogP contribution in [0.15, 0.2) is 30.6 Å². The van der Waals surface area contributed by atoms with Gasteiger partial charge in [-0.25, -0.2) is 4.68 Å². The molecule has 2 rings (SSSR count). The van der Waals surface area contributed by atoms with Gasteiger partial charge in [-0.05, 0) is 48.6 Å².